The molecule has 19 heavy (non-hydrogen) atoms. The normalized spacial score (nSPS) is 12.3. The Balaban J connectivity index is 2.72. The fourth-order valence-corrected chi connectivity index (χ4v) is 1.67. The summed E-state index contributed by atoms with van der Waals surface area (Å²) in [6.07, 6.45) is 3.46. The van der Waals surface area contributed by atoms with Gasteiger partial charge in [-0.05, 0) is 26.3 Å². The Kier molecular flexibility index (Phi) is 6.29. The van der Waals surface area contributed by atoms with Crippen LogP contribution < -0.4 is 9.57 Å². The molecule has 0 aliphatic rings. The number of rotatable bonds is 7. The molecule has 0 fully saturated rings. The first-order valence-corrected chi connectivity index (χ1v) is 6.43. The standard InChI is InChI=1S/C14H22NO4/c1-5-18-14(16)13(19-11(2)3)10-12-6-8-15(17-4)9-7-12/h6-9,11,13H,5,10H2,1-4H3/q+1. The fraction of sp³-hybridized carbons (Fsp3) is 0.571. The first-order valence-electron chi connectivity index (χ1n) is 6.43. The number of hydrogen-bond acceptors (Lipinski definition) is 4. The van der Waals surface area contributed by atoms with Crippen LogP contribution >= 0.6 is 0 Å². The van der Waals surface area contributed by atoms with E-state index in [9.17, 15) is 4.79 Å². The largest absolute Gasteiger partial charge is 0.464 e. The van der Waals surface area contributed by atoms with Crippen LogP contribution in [0.25, 0.3) is 0 Å². The van der Waals surface area contributed by atoms with E-state index < -0.39 is 6.10 Å². The monoisotopic (exact) mass is 268 g/mol. The average molecular weight is 268 g/mol. The average Bonchev–Trinajstić information content (AvgIpc) is 2.38. The number of ether oxygens (including phenoxy) is 2. The number of aromatic nitrogens is 1. The maximum absolute atomic E-state index is 11.8. The van der Waals surface area contributed by atoms with Crippen molar-refractivity contribution in [2.24, 2.45) is 0 Å². The van der Waals surface area contributed by atoms with Gasteiger partial charge in [0.25, 0.3) is 0 Å². The van der Waals surface area contributed by atoms with Crippen LogP contribution in [-0.2, 0) is 20.7 Å². The van der Waals surface area contributed by atoms with Crippen molar-refractivity contribution in [3.8, 4) is 0 Å². The summed E-state index contributed by atoms with van der Waals surface area (Å²) < 4.78 is 12.2. The van der Waals surface area contributed by atoms with Gasteiger partial charge in [0.15, 0.2) is 6.10 Å². The molecule has 5 heteroatoms. The summed E-state index contributed by atoms with van der Waals surface area (Å²) in [6, 6.07) is 3.78. The third kappa shape index (κ3) is 5.26. The maximum atomic E-state index is 11.8. The van der Waals surface area contributed by atoms with E-state index in [-0.39, 0.29) is 12.1 Å². The molecule has 0 spiro atoms. The Morgan fingerprint density at radius 3 is 2.42 bits per heavy atom. The van der Waals surface area contributed by atoms with E-state index in [4.69, 9.17) is 14.3 Å². The zero-order valence-corrected chi connectivity index (χ0v) is 12.0. The molecule has 5 nitrogen and oxygen atoms in total. The molecule has 0 radical (unpaired) electrons. The third-order valence-electron chi connectivity index (χ3n) is 2.49. The first-order chi connectivity index (χ1) is 9.06. The molecule has 0 aliphatic heterocycles. The number of nitrogens with zero attached hydrogens (tertiary/aromatic N) is 1. The van der Waals surface area contributed by atoms with Crippen LogP contribution in [0.2, 0.25) is 0 Å². The van der Waals surface area contributed by atoms with Crippen LogP contribution in [0, 0.1) is 0 Å². The quantitative estimate of drug-likeness (QED) is 0.545. The van der Waals surface area contributed by atoms with E-state index in [0.29, 0.717) is 13.0 Å². The van der Waals surface area contributed by atoms with E-state index in [0.717, 1.165) is 5.56 Å². The predicted molar refractivity (Wildman–Crippen MR) is 69.5 cm³/mol. The lowest BCUT2D eigenvalue weighted by atomic mass is 10.1. The smallest absolute Gasteiger partial charge is 0.335 e. The minimum Gasteiger partial charge on any atom is -0.464 e. The van der Waals surface area contributed by atoms with Gasteiger partial charge in [-0.1, -0.05) is 0 Å². The minimum atomic E-state index is -0.571. The molecule has 0 aliphatic carbocycles. The molecule has 0 amide bonds. The zero-order chi connectivity index (χ0) is 14.3. The summed E-state index contributed by atoms with van der Waals surface area (Å²) >= 11 is 0. The SMILES string of the molecule is CCOC(=O)C(Cc1cc[n+](OC)cc1)OC(C)C. The molecule has 0 aromatic carbocycles. The molecular weight excluding hydrogens is 246 g/mol. The first kappa shape index (κ1) is 15.4. The molecule has 1 rings (SSSR count). The fourth-order valence-electron chi connectivity index (χ4n) is 1.67. The molecule has 1 aromatic rings. The Morgan fingerprint density at radius 1 is 1.32 bits per heavy atom. The van der Waals surface area contributed by atoms with Crippen LogP contribution in [0.1, 0.15) is 26.3 Å². The van der Waals surface area contributed by atoms with E-state index >= 15 is 0 Å². The number of pyridine rings is 1. The van der Waals surface area contributed by atoms with Gasteiger partial charge in [-0.3, -0.25) is 4.84 Å². The molecule has 1 atom stereocenters. The van der Waals surface area contributed by atoms with Crippen molar-refractivity contribution in [3.05, 3.63) is 30.1 Å². The summed E-state index contributed by atoms with van der Waals surface area (Å²) in [6.45, 7) is 5.94. The molecular formula is C14H22NO4+. The second kappa shape index (κ2) is 7.74. The van der Waals surface area contributed by atoms with Crippen molar-refractivity contribution in [1.29, 1.82) is 0 Å². The second-order valence-electron chi connectivity index (χ2n) is 4.38. The maximum Gasteiger partial charge on any atom is 0.335 e. The van der Waals surface area contributed by atoms with Crippen molar-refractivity contribution in [1.82, 2.24) is 0 Å². The van der Waals surface area contributed by atoms with Crippen molar-refractivity contribution >= 4 is 5.97 Å². The highest BCUT2D eigenvalue weighted by Gasteiger charge is 2.22. The lowest BCUT2D eigenvalue weighted by molar-refractivity contribution is -0.885. The van der Waals surface area contributed by atoms with Gasteiger partial charge >= 0.3 is 5.97 Å². The zero-order valence-electron chi connectivity index (χ0n) is 12.0. The van der Waals surface area contributed by atoms with Crippen molar-refractivity contribution in [2.75, 3.05) is 13.7 Å². The van der Waals surface area contributed by atoms with Gasteiger partial charge in [0.2, 0.25) is 12.4 Å². The number of carbonyl (C=O) groups is 1. The third-order valence-corrected chi connectivity index (χ3v) is 2.49. The van der Waals surface area contributed by atoms with E-state index in [1.807, 2.05) is 26.0 Å². The molecule has 0 saturated heterocycles. The van der Waals surface area contributed by atoms with Crippen molar-refractivity contribution < 1.29 is 23.8 Å². The highest BCUT2D eigenvalue weighted by atomic mass is 16.6. The topological polar surface area (TPSA) is 48.6 Å². The van der Waals surface area contributed by atoms with Gasteiger partial charge in [0.05, 0.1) is 12.7 Å². The lowest BCUT2D eigenvalue weighted by Gasteiger charge is -2.18. The van der Waals surface area contributed by atoms with Crippen LogP contribution in [0.15, 0.2) is 24.5 Å². The van der Waals surface area contributed by atoms with Gasteiger partial charge < -0.3 is 9.47 Å². The number of carbonyl (C=O) groups excluding carboxylic acids is 1. The highest BCUT2D eigenvalue weighted by Crippen LogP contribution is 2.09. The predicted octanol–water partition coefficient (Wildman–Crippen LogP) is 0.932. The molecule has 0 N–H and O–H groups in total. The summed E-state index contributed by atoms with van der Waals surface area (Å²) in [5.74, 6) is -0.320. The molecule has 0 bridgehead atoms. The number of hydrogen-bond donors (Lipinski definition) is 0. The van der Waals surface area contributed by atoms with E-state index in [1.54, 1.807) is 31.2 Å². The Bertz CT molecular complexity index is 389. The van der Waals surface area contributed by atoms with Gasteiger partial charge in [0.1, 0.15) is 7.11 Å². The van der Waals surface area contributed by atoms with Gasteiger partial charge in [-0.2, -0.15) is 0 Å². The Morgan fingerprint density at radius 2 is 1.95 bits per heavy atom. The van der Waals surface area contributed by atoms with E-state index in [1.165, 1.54) is 0 Å². The number of esters is 1. The molecule has 0 saturated carbocycles. The van der Waals surface area contributed by atoms with Crippen LogP contribution in [-0.4, -0.2) is 31.9 Å². The second-order valence-corrected chi connectivity index (χ2v) is 4.38. The summed E-state index contributed by atoms with van der Waals surface area (Å²) in [7, 11) is 1.59. The van der Waals surface area contributed by atoms with E-state index in [2.05, 4.69) is 0 Å². The van der Waals surface area contributed by atoms with Crippen LogP contribution in [0.3, 0.4) is 0 Å². The summed E-state index contributed by atoms with van der Waals surface area (Å²) in [5, 5.41) is 0. The van der Waals surface area contributed by atoms with Crippen LogP contribution in [0.4, 0.5) is 0 Å². The lowest BCUT2D eigenvalue weighted by Crippen LogP contribution is -2.39. The van der Waals surface area contributed by atoms with Gasteiger partial charge in [0, 0.05) is 23.3 Å². The Labute approximate surface area is 114 Å². The summed E-state index contributed by atoms with van der Waals surface area (Å²) in [5.41, 5.74) is 0.993. The summed E-state index contributed by atoms with van der Waals surface area (Å²) in [4.78, 5) is 16.8. The minimum absolute atomic E-state index is 0.0259. The molecule has 106 valence electrons. The highest BCUT2D eigenvalue weighted by molar-refractivity contribution is 5.75. The molecule has 1 heterocycles. The van der Waals surface area contributed by atoms with Crippen LogP contribution in [0.5, 0.6) is 0 Å². The van der Waals surface area contributed by atoms with Crippen molar-refractivity contribution in [2.45, 2.75) is 39.4 Å². The van der Waals surface area contributed by atoms with Gasteiger partial charge in [-0.25, -0.2) is 4.79 Å². The van der Waals surface area contributed by atoms with Crippen molar-refractivity contribution in [3.63, 3.8) is 0 Å². The molecule has 1 aromatic heterocycles. The molecule has 1 unspecified atom stereocenters. The Hall–Kier alpha value is -1.62. The van der Waals surface area contributed by atoms with Gasteiger partial charge in [-0.15, -0.1) is 0 Å².